The zero-order valence-electron chi connectivity index (χ0n) is 20.2. The average molecular weight is 453 g/mol. The summed E-state index contributed by atoms with van der Waals surface area (Å²) >= 11 is 0. The minimum atomic E-state index is -0.311. The second kappa shape index (κ2) is 18.6. The highest BCUT2D eigenvalue weighted by atomic mass is 16.6. The first-order valence-electron chi connectivity index (χ1n) is 10.2. The second-order valence-corrected chi connectivity index (χ2v) is 6.80. The smallest absolute Gasteiger partial charge is 0.303 e. The van der Waals surface area contributed by atoms with E-state index in [9.17, 15) is 19.2 Å². The maximum Gasteiger partial charge on any atom is 0.303 e. The van der Waals surface area contributed by atoms with Crippen molar-refractivity contribution in [1.82, 2.24) is 0 Å². The van der Waals surface area contributed by atoms with Gasteiger partial charge in [-0.25, -0.2) is 0 Å². The normalized spacial score (nSPS) is 15.0. The summed E-state index contributed by atoms with van der Waals surface area (Å²) in [6, 6.07) is 0. The van der Waals surface area contributed by atoms with Gasteiger partial charge >= 0.3 is 23.9 Å². The van der Waals surface area contributed by atoms with E-state index in [1.165, 1.54) is 27.7 Å². The van der Waals surface area contributed by atoms with Crippen molar-refractivity contribution in [2.24, 2.45) is 0 Å². The van der Waals surface area contributed by atoms with Crippen molar-refractivity contribution in [1.29, 1.82) is 0 Å². The Balaban J connectivity index is 0. The van der Waals surface area contributed by atoms with Crippen LogP contribution in [-0.4, -0.2) is 48.3 Å². The van der Waals surface area contributed by atoms with Crippen LogP contribution in [0.1, 0.15) is 55.4 Å². The van der Waals surface area contributed by atoms with Gasteiger partial charge in [0, 0.05) is 27.7 Å². The summed E-state index contributed by atoms with van der Waals surface area (Å²) in [4.78, 5) is 42.3. The fraction of sp³-hybridized carbons (Fsp3) is 0.500. The molecule has 8 heteroatoms. The highest BCUT2D eigenvalue weighted by molar-refractivity contribution is 5.67. The van der Waals surface area contributed by atoms with Gasteiger partial charge in [0.25, 0.3) is 0 Å². The van der Waals surface area contributed by atoms with E-state index in [0.717, 1.165) is 0 Å². The quantitative estimate of drug-likeness (QED) is 0.278. The average Bonchev–Trinajstić information content (AvgIpc) is 2.60. The van der Waals surface area contributed by atoms with Crippen molar-refractivity contribution in [2.45, 2.75) is 79.8 Å². The summed E-state index contributed by atoms with van der Waals surface area (Å²) in [6.07, 6.45) is 12.9. The van der Waals surface area contributed by atoms with Crippen molar-refractivity contribution in [2.75, 3.05) is 0 Å². The first kappa shape index (κ1) is 31.0. The molecule has 0 aliphatic heterocycles. The predicted octanol–water partition coefficient (Wildman–Crippen LogP) is 4.00. The molecule has 180 valence electrons. The molecule has 32 heavy (non-hydrogen) atoms. The number of ether oxygens (including phenoxy) is 4. The lowest BCUT2D eigenvalue weighted by Gasteiger charge is -2.06. The monoisotopic (exact) mass is 452 g/mol. The third kappa shape index (κ3) is 24.9. The molecule has 0 aliphatic rings. The lowest BCUT2D eigenvalue weighted by Crippen LogP contribution is -2.09. The topological polar surface area (TPSA) is 105 Å². The molecule has 4 atom stereocenters. The molecule has 4 unspecified atom stereocenters. The predicted molar refractivity (Wildman–Crippen MR) is 121 cm³/mol. The number of allylic oxidation sites excluding steroid dienone is 4. The molecule has 0 aliphatic carbocycles. The number of carbonyl (C=O) groups is 4. The summed E-state index contributed by atoms with van der Waals surface area (Å²) in [5, 5.41) is 0. The minimum absolute atomic E-state index is 0.258. The zero-order valence-corrected chi connectivity index (χ0v) is 20.2. The molecule has 0 saturated carbocycles. The fourth-order valence-electron chi connectivity index (χ4n) is 2.09. The van der Waals surface area contributed by atoms with Gasteiger partial charge in [0.15, 0.2) is 0 Å². The van der Waals surface area contributed by atoms with Crippen molar-refractivity contribution in [3.63, 3.8) is 0 Å². The molecule has 0 amide bonds. The van der Waals surface area contributed by atoms with Gasteiger partial charge in [-0.1, -0.05) is 24.3 Å². The van der Waals surface area contributed by atoms with Gasteiger partial charge in [0.2, 0.25) is 0 Å². The summed E-state index contributed by atoms with van der Waals surface area (Å²) in [5.74, 6) is -1.24. The summed E-state index contributed by atoms with van der Waals surface area (Å²) in [5.41, 5.74) is 0. The Hall–Kier alpha value is -3.16. The van der Waals surface area contributed by atoms with E-state index in [1.54, 1.807) is 76.3 Å². The van der Waals surface area contributed by atoms with E-state index in [-0.39, 0.29) is 48.3 Å². The van der Waals surface area contributed by atoms with Crippen LogP contribution in [0.25, 0.3) is 0 Å². The SMILES string of the molecule is CC(=O)OC(C)C=CC=CC(C)OC(C)=O.CC(=O)OC(C)C=CC=CC(C)OC(C)=O. The van der Waals surface area contributed by atoms with E-state index in [1.807, 2.05) is 0 Å². The number of hydrogen-bond donors (Lipinski definition) is 0. The van der Waals surface area contributed by atoms with Crippen LogP contribution >= 0.6 is 0 Å². The second-order valence-electron chi connectivity index (χ2n) is 6.80. The molecular weight excluding hydrogens is 416 g/mol. The Morgan fingerprint density at radius 3 is 0.719 bits per heavy atom. The molecular formula is C24H36O8. The maximum absolute atomic E-state index is 10.6. The van der Waals surface area contributed by atoms with Gasteiger partial charge in [-0.2, -0.15) is 0 Å². The molecule has 0 aromatic heterocycles. The van der Waals surface area contributed by atoms with Crippen LogP contribution in [0.15, 0.2) is 48.6 Å². The van der Waals surface area contributed by atoms with Crippen LogP contribution in [0.5, 0.6) is 0 Å². The van der Waals surface area contributed by atoms with Gasteiger partial charge in [-0.3, -0.25) is 19.2 Å². The summed E-state index contributed by atoms with van der Waals surface area (Å²) < 4.78 is 19.5. The number of rotatable bonds is 10. The van der Waals surface area contributed by atoms with Crippen molar-refractivity contribution in [3.8, 4) is 0 Å². The van der Waals surface area contributed by atoms with Crippen molar-refractivity contribution < 1.29 is 38.1 Å². The molecule has 0 radical (unpaired) electrons. The molecule has 8 nitrogen and oxygen atoms in total. The Bertz CT molecular complexity index is 583. The molecule has 0 spiro atoms. The van der Waals surface area contributed by atoms with E-state index in [0.29, 0.717) is 0 Å². The largest absolute Gasteiger partial charge is 0.459 e. The van der Waals surface area contributed by atoms with E-state index in [4.69, 9.17) is 18.9 Å². The van der Waals surface area contributed by atoms with Crippen LogP contribution in [0.3, 0.4) is 0 Å². The Labute approximate surface area is 190 Å². The lowest BCUT2D eigenvalue weighted by molar-refractivity contribution is -0.144. The standard InChI is InChI=1S/2C12H18O4/c2*1-9(15-11(3)13)7-5-6-8-10(2)16-12(4)14/h2*5-10H,1-4H3. The van der Waals surface area contributed by atoms with Crippen LogP contribution < -0.4 is 0 Å². The fourth-order valence-corrected chi connectivity index (χ4v) is 2.09. The first-order chi connectivity index (χ1) is 14.8. The molecule has 0 aromatic rings. The van der Waals surface area contributed by atoms with Gasteiger partial charge in [0.05, 0.1) is 0 Å². The van der Waals surface area contributed by atoms with Crippen molar-refractivity contribution in [3.05, 3.63) is 48.6 Å². The third-order valence-corrected chi connectivity index (χ3v) is 3.16. The van der Waals surface area contributed by atoms with Crippen LogP contribution in [0.2, 0.25) is 0 Å². The molecule has 0 heterocycles. The lowest BCUT2D eigenvalue weighted by atomic mass is 10.3. The highest BCUT2D eigenvalue weighted by Crippen LogP contribution is 1.98. The maximum atomic E-state index is 10.6. The van der Waals surface area contributed by atoms with Gasteiger partial charge in [0.1, 0.15) is 24.4 Å². The van der Waals surface area contributed by atoms with Gasteiger partial charge in [-0.15, -0.1) is 0 Å². The molecule has 0 aromatic carbocycles. The highest BCUT2D eigenvalue weighted by Gasteiger charge is 2.01. The Morgan fingerprint density at radius 2 is 0.594 bits per heavy atom. The van der Waals surface area contributed by atoms with Gasteiger partial charge < -0.3 is 18.9 Å². The molecule has 0 saturated heterocycles. The van der Waals surface area contributed by atoms with E-state index in [2.05, 4.69) is 0 Å². The van der Waals surface area contributed by atoms with Crippen LogP contribution in [0, 0.1) is 0 Å². The first-order valence-corrected chi connectivity index (χ1v) is 10.2. The summed E-state index contributed by atoms with van der Waals surface area (Å²) in [6.45, 7) is 12.5. The van der Waals surface area contributed by atoms with E-state index >= 15 is 0 Å². The number of hydrogen-bond acceptors (Lipinski definition) is 8. The number of esters is 4. The molecule has 0 N–H and O–H groups in total. The van der Waals surface area contributed by atoms with Crippen LogP contribution in [-0.2, 0) is 38.1 Å². The van der Waals surface area contributed by atoms with Crippen LogP contribution in [0.4, 0.5) is 0 Å². The molecule has 0 bridgehead atoms. The number of carbonyl (C=O) groups excluding carboxylic acids is 4. The molecule has 0 fully saturated rings. The Morgan fingerprint density at radius 1 is 0.438 bits per heavy atom. The molecule has 0 rings (SSSR count). The van der Waals surface area contributed by atoms with Crippen molar-refractivity contribution >= 4 is 23.9 Å². The third-order valence-electron chi connectivity index (χ3n) is 3.16. The van der Waals surface area contributed by atoms with Gasteiger partial charge in [-0.05, 0) is 52.0 Å². The Kier molecular flexibility index (Phi) is 18.0. The summed E-state index contributed by atoms with van der Waals surface area (Å²) in [7, 11) is 0. The van der Waals surface area contributed by atoms with E-state index < -0.39 is 0 Å². The minimum Gasteiger partial charge on any atom is -0.459 e. The zero-order chi connectivity index (χ0) is 25.1.